The molecule has 0 bridgehead atoms. The van der Waals surface area contributed by atoms with Crippen molar-refractivity contribution >= 4 is 5.97 Å². The number of carbonyl (C=O) groups is 1. The van der Waals surface area contributed by atoms with Crippen molar-refractivity contribution in [2.45, 2.75) is 58.5 Å². The Kier molecular flexibility index (Phi) is 13.1. The lowest BCUT2D eigenvalue weighted by molar-refractivity contribution is -0.157. The van der Waals surface area contributed by atoms with Crippen LogP contribution in [-0.2, 0) is 27.1 Å². The van der Waals surface area contributed by atoms with E-state index in [0.717, 1.165) is 74.2 Å². The maximum absolute atomic E-state index is 13.4. The highest BCUT2D eigenvalue weighted by Crippen LogP contribution is 2.40. The van der Waals surface area contributed by atoms with Crippen molar-refractivity contribution in [3.63, 3.8) is 0 Å². The molecule has 2 aromatic rings. The van der Waals surface area contributed by atoms with Gasteiger partial charge in [-0.2, -0.15) is 0 Å². The second-order valence-corrected chi connectivity index (χ2v) is 11.1. The second-order valence-electron chi connectivity index (χ2n) is 11.1. The average Bonchev–Trinajstić information content (AvgIpc) is 2.97. The number of hydrogen-bond acceptors (Lipinski definition) is 8. The summed E-state index contributed by atoms with van der Waals surface area (Å²) in [7, 11) is 8.73. The Bertz CT molecular complexity index is 1100. The third kappa shape index (κ3) is 9.27. The summed E-state index contributed by atoms with van der Waals surface area (Å²) in [5.74, 6) is 2.76. The Hall–Kier alpha value is -2.97. The molecule has 0 amide bonds. The topological polar surface area (TPSA) is 75.7 Å². The summed E-state index contributed by atoms with van der Waals surface area (Å²) in [6, 6.07) is 10.1. The fourth-order valence-corrected chi connectivity index (χ4v) is 5.32. The van der Waals surface area contributed by atoms with Crippen LogP contribution in [0.3, 0.4) is 0 Å². The van der Waals surface area contributed by atoms with E-state index in [0.29, 0.717) is 24.7 Å². The molecule has 2 aromatic carbocycles. The molecule has 0 fully saturated rings. The summed E-state index contributed by atoms with van der Waals surface area (Å²) in [4.78, 5) is 15.7. The van der Waals surface area contributed by atoms with E-state index < -0.39 is 0 Å². The molecule has 1 aliphatic carbocycles. The summed E-state index contributed by atoms with van der Waals surface area (Å²) >= 11 is 0. The summed E-state index contributed by atoms with van der Waals surface area (Å²) in [5.41, 5.74) is 3.37. The molecule has 0 saturated heterocycles. The second kappa shape index (κ2) is 16.5. The van der Waals surface area contributed by atoms with Crippen LogP contribution in [0.25, 0.3) is 0 Å². The van der Waals surface area contributed by atoms with Crippen LogP contribution in [0.4, 0.5) is 0 Å². The number of carbonyl (C=O) groups excluding carboxylic acids is 1. The van der Waals surface area contributed by atoms with Crippen molar-refractivity contribution in [1.29, 1.82) is 0 Å². The zero-order valence-corrected chi connectivity index (χ0v) is 26.0. The first kappa shape index (κ1) is 32.5. The molecule has 228 valence electrons. The van der Waals surface area contributed by atoms with Crippen molar-refractivity contribution < 1.29 is 33.2 Å². The Morgan fingerprint density at radius 1 is 0.927 bits per heavy atom. The molecular weight excluding hydrogens is 522 g/mol. The van der Waals surface area contributed by atoms with E-state index in [-0.39, 0.29) is 23.9 Å². The van der Waals surface area contributed by atoms with Gasteiger partial charge >= 0.3 is 5.97 Å². The summed E-state index contributed by atoms with van der Waals surface area (Å²) in [6.07, 6.45) is 4.92. The normalized spacial score (nSPS) is 15.4. The van der Waals surface area contributed by atoms with Gasteiger partial charge < -0.3 is 33.3 Å². The largest absolute Gasteiger partial charge is 0.493 e. The molecule has 0 radical (unpaired) electrons. The number of fused-ring (bicyclic) bond motifs is 1. The quantitative estimate of drug-likeness (QED) is 0.172. The first-order chi connectivity index (χ1) is 19.8. The van der Waals surface area contributed by atoms with Crippen LogP contribution in [0.5, 0.6) is 23.0 Å². The van der Waals surface area contributed by atoms with Crippen LogP contribution in [0.15, 0.2) is 30.3 Å². The van der Waals surface area contributed by atoms with Gasteiger partial charge in [0, 0.05) is 26.7 Å². The van der Waals surface area contributed by atoms with Gasteiger partial charge in [-0.1, -0.05) is 19.9 Å². The van der Waals surface area contributed by atoms with Gasteiger partial charge in [0.1, 0.15) is 6.10 Å². The van der Waals surface area contributed by atoms with E-state index in [4.69, 9.17) is 28.4 Å². The number of likely N-dealkylation sites (N-methyl/N-ethyl adjacent to an activating group) is 1. The van der Waals surface area contributed by atoms with Crippen LogP contribution >= 0.6 is 0 Å². The van der Waals surface area contributed by atoms with E-state index in [1.54, 1.807) is 28.4 Å². The number of hydrogen-bond donors (Lipinski definition) is 0. The van der Waals surface area contributed by atoms with E-state index >= 15 is 0 Å². The molecule has 0 heterocycles. The van der Waals surface area contributed by atoms with E-state index in [1.165, 1.54) is 5.56 Å². The zero-order valence-electron chi connectivity index (χ0n) is 26.0. The Balaban J connectivity index is 1.54. The van der Waals surface area contributed by atoms with Crippen LogP contribution < -0.4 is 18.9 Å². The molecule has 41 heavy (non-hydrogen) atoms. The molecule has 3 rings (SSSR count). The van der Waals surface area contributed by atoms with Crippen molar-refractivity contribution in [2.75, 3.05) is 61.8 Å². The molecule has 8 nitrogen and oxygen atoms in total. The average molecular weight is 572 g/mol. The van der Waals surface area contributed by atoms with Gasteiger partial charge in [0.2, 0.25) is 0 Å². The predicted molar refractivity (Wildman–Crippen MR) is 160 cm³/mol. The molecule has 0 unspecified atom stereocenters. The lowest BCUT2D eigenvalue weighted by Crippen LogP contribution is -2.31. The third-order valence-corrected chi connectivity index (χ3v) is 7.85. The van der Waals surface area contributed by atoms with Crippen LogP contribution in [-0.4, -0.2) is 72.7 Å². The molecular formula is C33H49NO7. The maximum Gasteiger partial charge on any atom is 0.309 e. The number of nitrogens with zero attached hydrogens (tertiary/aromatic N) is 1. The minimum Gasteiger partial charge on any atom is -0.493 e. The highest BCUT2D eigenvalue weighted by molar-refractivity contribution is 5.73. The number of rotatable bonds is 17. The SMILES string of the molecule is COCCCOc1ccc(CCN(C)CC[C@H](C(=O)O[C@@H]2CCCc3cc(OC)c(OC)cc32)C(C)C)cc1OC. The smallest absolute Gasteiger partial charge is 0.309 e. The fraction of sp³-hybridized carbons (Fsp3) is 0.606. The van der Waals surface area contributed by atoms with Gasteiger partial charge in [0.25, 0.3) is 0 Å². The summed E-state index contributed by atoms with van der Waals surface area (Å²) < 4.78 is 33.6. The number of esters is 1. The standard InChI is InChI=1S/C33H49NO7/c1-23(2)26(33(35)41-28-11-8-10-25-21-31(38-6)32(39-7)22-27(25)28)15-17-34(3)16-14-24-12-13-29(30(20-24)37-5)40-19-9-18-36-4/h12-13,20-23,26,28H,8-11,14-19H2,1-7H3/t26-,28+/m0/s1. The Morgan fingerprint density at radius 2 is 1.63 bits per heavy atom. The first-order valence-corrected chi connectivity index (χ1v) is 14.7. The lowest BCUT2D eigenvalue weighted by atomic mass is 9.88. The van der Waals surface area contributed by atoms with Gasteiger partial charge in [0.15, 0.2) is 23.0 Å². The summed E-state index contributed by atoms with van der Waals surface area (Å²) in [5, 5.41) is 0. The minimum atomic E-state index is -0.257. The van der Waals surface area contributed by atoms with E-state index in [2.05, 4.69) is 31.9 Å². The highest BCUT2D eigenvalue weighted by Gasteiger charge is 2.30. The first-order valence-electron chi connectivity index (χ1n) is 14.7. The van der Waals surface area contributed by atoms with Crippen molar-refractivity contribution in [3.8, 4) is 23.0 Å². The monoisotopic (exact) mass is 571 g/mol. The zero-order chi connectivity index (χ0) is 29.8. The van der Waals surface area contributed by atoms with Crippen molar-refractivity contribution in [2.24, 2.45) is 11.8 Å². The highest BCUT2D eigenvalue weighted by atomic mass is 16.5. The van der Waals surface area contributed by atoms with Crippen LogP contribution in [0.1, 0.15) is 62.3 Å². The van der Waals surface area contributed by atoms with Crippen molar-refractivity contribution in [3.05, 3.63) is 47.0 Å². The molecule has 0 saturated carbocycles. The van der Waals surface area contributed by atoms with Gasteiger partial charge in [-0.3, -0.25) is 4.79 Å². The lowest BCUT2D eigenvalue weighted by Gasteiger charge is -2.29. The van der Waals surface area contributed by atoms with Crippen molar-refractivity contribution in [1.82, 2.24) is 4.90 Å². The van der Waals surface area contributed by atoms with Gasteiger partial charge in [0.05, 0.1) is 33.9 Å². The van der Waals surface area contributed by atoms with Crippen LogP contribution in [0, 0.1) is 11.8 Å². The number of benzene rings is 2. The predicted octanol–water partition coefficient (Wildman–Crippen LogP) is 5.89. The van der Waals surface area contributed by atoms with E-state index in [1.807, 2.05) is 24.3 Å². The molecule has 0 aliphatic heterocycles. The Morgan fingerprint density at radius 3 is 2.32 bits per heavy atom. The number of ether oxygens (including phenoxy) is 6. The number of aryl methyl sites for hydroxylation is 1. The fourth-order valence-electron chi connectivity index (χ4n) is 5.32. The Labute approximate surface area is 246 Å². The van der Waals surface area contributed by atoms with E-state index in [9.17, 15) is 4.79 Å². The summed E-state index contributed by atoms with van der Waals surface area (Å²) in [6.45, 7) is 7.12. The van der Waals surface area contributed by atoms with Gasteiger partial charge in [-0.05, 0) is 92.6 Å². The molecule has 0 spiro atoms. The third-order valence-electron chi connectivity index (χ3n) is 7.85. The van der Waals surface area contributed by atoms with Gasteiger partial charge in [-0.15, -0.1) is 0 Å². The number of methoxy groups -OCH3 is 4. The molecule has 0 N–H and O–H groups in total. The molecule has 0 aromatic heterocycles. The molecule has 1 aliphatic rings. The maximum atomic E-state index is 13.4. The molecule has 2 atom stereocenters. The van der Waals surface area contributed by atoms with Crippen LogP contribution in [0.2, 0.25) is 0 Å². The minimum absolute atomic E-state index is 0.119. The van der Waals surface area contributed by atoms with Gasteiger partial charge in [-0.25, -0.2) is 0 Å². The molecule has 8 heteroatoms.